The van der Waals surface area contributed by atoms with Crippen molar-refractivity contribution in [3.8, 4) is 0 Å². The van der Waals surface area contributed by atoms with E-state index in [2.05, 4.69) is 0 Å². The highest BCUT2D eigenvalue weighted by atomic mass is 16.7. The summed E-state index contributed by atoms with van der Waals surface area (Å²) in [5, 5.41) is 0. The Bertz CT molecular complexity index is 473. The van der Waals surface area contributed by atoms with Crippen LogP contribution in [0.2, 0.25) is 0 Å². The van der Waals surface area contributed by atoms with Gasteiger partial charge in [-0.15, -0.1) is 0 Å². The Balaban J connectivity index is 2.24. The maximum Gasteiger partial charge on any atom is 0.330 e. The lowest BCUT2D eigenvalue weighted by Crippen LogP contribution is -2.23. The molecule has 1 aromatic rings. The third-order valence-electron chi connectivity index (χ3n) is 2.97. The molecule has 4 nitrogen and oxygen atoms in total. The van der Waals surface area contributed by atoms with Gasteiger partial charge in [0, 0.05) is 11.6 Å². The smallest absolute Gasteiger partial charge is 0.330 e. The SMILES string of the molecule is CCOC(=O)/C=C/c1ccccc1C1(C)OCCO1. The number of carbonyl (C=O) groups excluding carboxylic acids is 1. The molecule has 0 aliphatic carbocycles. The normalized spacial score (nSPS) is 17.8. The Kier molecular flexibility index (Phi) is 4.35. The van der Waals surface area contributed by atoms with Crippen LogP contribution in [0.5, 0.6) is 0 Å². The molecule has 0 unspecified atom stereocenters. The van der Waals surface area contributed by atoms with E-state index in [9.17, 15) is 4.79 Å². The maximum absolute atomic E-state index is 11.4. The molecular weight excluding hydrogens is 244 g/mol. The molecule has 0 radical (unpaired) electrons. The van der Waals surface area contributed by atoms with E-state index in [0.29, 0.717) is 19.8 Å². The lowest BCUT2D eigenvalue weighted by molar-refractivity contribution is -0.149. The molecule has 2 rings (SSSR count). The molecule has 1 aliphatic rings. The van der Waals surface area contributed by atoms with Gasteiger partial charge >= 0.3 is 5.97 Å². The first kappa shape index (κ1) is 13.8. The van der Waals surface area contributed by atoms with Crippen LogP contribution in [0.25, 0.3) is 6.08 Å². The van der Waals surface area contributed by atoms with Gasteiger partial charge in [-0.25, -0.2) is 4.79 Å². The van der Waals surface area contributed by atoms with Crippen LogP contribution in [0.1, 0.15) is 25.0 Å². The van der Waals surface area contributed by atoms with Crippen LogP contribution in [0.4, 0.5) is 0 Å². The van der Waals surface area contributed by atoms with Gasteiger partial charge in [0.25, 0.3) is 0 Å². The van der Waals surface area contributed by atoms with Crippen molar-refractivity contribution < 1.29 is 19.0 Å². The third-order valence-corrected chi connectivity index (χ3v) is 2.97. The highest BCUT2D eigenvalue weighted by Crippen LogP contribution is 2.33. The Labute approximate surface area is 113 Å². The van der Waals surface area contributed by atoms with Crippen molar-refractivity contribution in [1.82, 2.24) is 0 Å². The summed E-state index contributed by atoms with van der Waals surface area (Å²) in [6.45, 7) is 5.19. The molecule has 1 aromatic carbocycles. The van der Waals surface area contributed by atoms with Crippen LogP contribution < -0.4 is 0 Å². The summed E-state index contributed by atoms with van der Waals surface area (Å²) >= 11 is 0. The summed E-state index contributed by atoms with van der Waals surface area (Å²) in [7, 11) is 0. The van der Waals surface area contributed by atoms with E-state index in [0.717, 1.165) is 11.1 Å². The van der Waals surface area contributed by atoms with Gasteiger partial charge in [-0.2, -0.15) is 0 Å². The molecule has 0 aromatic heterocycles. The van der Waals surface area contributed by atoms with Crippen molar-refractivity contribution >= 4 is 12.0 Å². The van der Waals surface area contributed by atoms with Crippen molar-refractivity contribution in [2.75, 3.05) is 19.8 Å². The van der Waals surface area contributed by atoms with Gasteiger partial charge in [0.05, 0.1) is 19.8 Å². The lowest BCUT2D eigenvalue weighted by Gasteiger charge is -2.24. The van der Waals surface area contributed by atoms with E-state index in [4.69, 9.17) is 14.2 Å². The van der Waals surface area contributed by atoms with Crippen molar-refractivity contribution in [3.05, 3.63) is 41.5 Å². The predicted octanol–water partition coefficient (Wildman–Crippen LogP) is 2.48. The van der Waals surface area contributed by atoms with Gasteiger partial charge in [0.2, 0.25) is 0 Å². The Morgan fingerprint density at radius 2 is 2.05 bits per heavy atom. The number of esters is 1. The number of benzene rings is 1. The average Bonchev–Trinajstić information content (AvgIpc) is 2.85. The zero-order chi connectivity index (χ0) is 13.7. The zero-order valence-corrected chi connectivity index (χ0v) is 11.2. The van der Waals surface area contributed by atoms with E-state index in [-0.39, 0.29) is 5.97 Å². The van der Waals surface area contributed by atoms with Gasteiger partial charge in [-0.05, 0) is 25.5 Å². The molecule has 0 saturated carbocycles. The van der Waals surface area contributed by atoms with Crippen molar-refractivity contribution in [2.45, 2.75) is 19.6 Å². The third kappa shape index (κ3) is 3.22. The molecule has 0 spiro atoms. The fraction of sp³-hybridized carbons (Fsp3) is 0.400. The second-order valence-corrected chi connectivity index (χ2v) is 4.32. The maximum atomic E-state index is 11.4. The standard InChI is InChI=1S/C15H18O4/c1-3-17-14(16)9-8-12-6-4-5-7-13(12)15(2)18-10-11-19-15/h4-9H,3,10-11H2,1-2H3/b9-8+. The molecular formula is C15H18O4. The number of carbonyl (C=O) groups is 1. The molecule has 19 heavy (non-hydrogen) atoms. The summed E-state index contributed by atoms with van der Waals surface area (Å²) in [6.07, 6.45) is 3.14. The first-order valence-corrected chi connectivity index (χ1v) is 6.38. The van der Waals surface area contributed by atoms with Gasteiger partial charge < -0.3 is 14.2 Å². The largest absolute Gasteiger partial charge is 0.463 e. The first-order valence-electron chi connectivity index (χ1n) is 6.38. The van der Waals surface area contributed by atoms with Gasteiger partial charge in [0.15, 0.2) is 5.79 Å². The minimum Gasteiger partial charge on any atom is -0.463 e. The van der Waals surface area contributed by atoms with Gasteiger partial charge in [0.1, 0.15) is 0 Å². The second-order valence-electron chi connectivity index (χ2n) is 4.32. The number of hydrogen-bond donors (Lipinski definition) is 0. The predicted molar refractivity (Wildman–Crippen MR) is 71.4 cm³/mol. The highest BCUT2D eigenvalue weighted by molar-refractivity contribution is 5.87. The summed E-state index contributed by atoms with van der Waals surface area (Å²) in [5.74, 6) is -1.09. The fourth-order valence-corrected chi connectivity index (χ4v) is 2.07. The van der Waals surface area contributed by atoms with Crippen LogP contribution in [-0.4, -0.2) is 25.8 Å². The van der Waals surface area contributed by atoms with E-state index < -0.39 is 5.79 Å². The molecule has 1 heterocycles. The Hall–Kier alpha value is -1.65. The van der Waals surface area contributed by atoms with Crippen molar-refractivity contribution in [3.63, 3.8) is 0 Å². The molecule has 0 N–H and O–H groups in total. The molecule has 0 atom stereocenters. The van der Waals surface area contributed by atoms with E-state index in [1.165, 1.54) is 6.08 Å². The first-order chi connectivity index (χ1) is 9.15. The van der Waals surface area contributed by atoms with E-state index >= 15 is 0 Å². The molecule has 102 valence electrons. The van der Waals surface area contributed by atoms with Crippen LogP contribution in [0.3, 0.4) is 0 Å². The van der Waals surface area contributed by atoms with E-state index in [1.54, 1.807) is 13.0 Å². The van der Waals surface area contributed by atoms with E-state index in [1.807, 2.05) is 31.2 Å². The van der Waals surface area contributed by atoms with Crippen molar-refractivity contribution in [1.29, 1.82) is 0 Å². The molecule has 0 bridgehead atoms. The van der Waals surface area contributed by atoms with Crippen LogP contribution in [0.15, 0.2) is 30.3 Å². The topological polar surface area (TPSA) is 44.8 Å². The Morgan fingerprint density at radius 1 is 1.37 bits per heavy atom. The highest BCUT2D eigenvalue weighted by Gasteiger charge is 2.34. The summed E-state index contributed by atoms with van der Waals surface area (Å²) < 4.78 is 16.2. The molecule has 1 aliphatic heterocycles. The fourth-order valence-electron chi connectivity index (χ4n) is 2.07. The second kappa shape index (κ2) is 5.99. The van der Waals surface area contributed by atoms with Gasteiger partial charge in [-0.3, -0.25) is 0 Å². The van der Waals surface area contributed by atoms with Crippen LogP contribution >= 0.6 is 0 Å². The minimum atomic E-state index is -0.740. The number of ether oxygens (including phenoxy) is 3. The summed E-state index contributed by atoms with van der Waals surface area (Å²) in [5.41, 5.74) is 1.80. The summed E-state index contributed by atoms with van der Waals surface area (Å²) in [6, 6.07) is 7.69. The number of hydrogen-bond acceptors (Lipinski definition) is 4. The molecule has 4 heteroatoms. The molecule has 1 fully saturated rings. The monoisotopic (exact) mass is 262 g/mol. The number of rotatable bonds is 4. The Morgan fingerprint density at radius 3 is 2.74 bits per heavy atom. The minimum absolute atomic E-state index is 0.351. The lowest BCUT2D eigenvalue weighted by atomic mass is 10.00. The quantitative estimate of drug-likeness (QED) is 0.617. The average molecular weight is 262 g/mol. The van der Waals surface area contributed by atoms with Crippen molar-refractivity contribution in [2.24, 2.45) is 0 Å². The van der Waals surface area contributed by atoms with Crippen LogP contribution in [-0.2, 0) is 24.8 Å². The molecule has 1 saturated heterocycles. The summed E-state index contributed by atoms with van der Waals surface area (Å²) in [4.78, 5) is 11.4. The zero-order valence-electron chi connectivity index (χ0n) is 11.2. The van der Waals surface area contributed by atoms with Gasteiger partial charge in [-0.1, -0.05) is 24.3 Å². The van der Waals surface area contributed by atoms with Crippen LogP contribution in [0, 0.1) is 0 Å². The molecule has 0 amide bonds.